The average molecular weight is 337 g/mol. The molecule has 0 bridgehead atoms. The van der Waals surface area contributed by atoms with Crippen LogP contribution in [0.2, 0.25) is 0 Å². The molecule has 0 aromatic heterocycles. The maximum absolute atomic E-state index is 12.1. The van der Waals surface area contributed by atoms with Crippen LogP contribution in [0.3, 0.4) is 0 Å². The lowest BCUT2D eigenvalue weighted by molar-refractivity contribution is 0.410. The highest BCUT2D eigenvalue weighted by Gasteiger charge is 2.21. The van der Waals surface area contributed by atoms with Crippen LogP contribution in [-0.2, 0) is 10.2 Å². The molecule has 0 heterocycles. The lowest BCUT2D eigenvalue weighted by Gasteiger charge is -2.22. The van der Waals surface area contributed by atoms with E-state index < -0.39 is 10.2 Å². The van der Waals surface area contributed by atoms with Gasteiger partial charge in [-0.3, -0.25) is 4.72 Å². The third kappa shape index (κ3) is 3.60. The highest BCUT2D eigenvalue weighted by Crippen LogP contribution is 2.29. The van der Waals surface area contributed by atoms with Crippen LogP contribution in [0.25, 0.3) is 0 Å². The van der Waals surface area contributed by atoms with Gasteiger partial charge in [0.05, 0.1) is 12.8 Å². The van der Waals surface area contributed by atoms with Crippen molar-refractivity contribution in [3.05, 3.63) is 22.7 Å². The molecular weight excluding hydrogens is 320 g/mol. The van der Waals surface area contributed by atoms with E-state index in [9.17, 15) is 8.42 Å². The number of nitrogens with one attached hydrogen (secondary N) is 1. The molecule has 0 amide bonds. The Hall–Kier alpha value is -0.790. The molecule has 0 aliphatic rings. The van der Waals surface area contributed by atoms with Crippen molar-refractivity contribution in [1.29, 1.82) is 0 Å². The Kier molecular flexibility index (Phi) is 5.01. The molecule has 1 aromatic carbocycles. The third-order valence-corrected chi connectivity index (χ3v) is 4.66. The van der Waals surface area contributed by atoms with Gasteiger partial charge in [-0.15, -0.1) is 0 Å². The molecule has 0 aliphatic heterocycles. The van der Waals surface area contributed by atoms with Crippen LogP contribution < -0.4 is 9.46 Å². The van der Waals surface area contributed by atoms with Crippen LogP contribution in [0.4, 0.5) is 5.69 Å². The van der Waals surface area contributed by atoms with E-state index in [1.54, 1.807) is 32.0 Å². The van der Waals surface area contributed by atoms with Crippen molar-refractivity contribution in [2.24, 2.45) is 0 Å². The number of hydrogen-bond acceptors (Lipinski definition) is 3. The maximum atomic E-state index is 12.1. The first kappa shape index (κ1) is 15.3. The summed E-state index contributed by atoms with van der Waals surface area (Å²) < 4.78 is 33.8. The summed E-state index contributed by atoms with van der Waals surface area (Å²) in [5.74, 6) is 0.471. The lowest BCUT2D eigenvalue weighted by atomic mass is 10.3. The molecule has 0 radical (unpaired) electrons. The molecule has 5 nitrogen and oxygen atoms in total. The van der Waals surface area contributed by atoms with E-state index in [0.29, 0.717) is 11.4 Å². The highest BCUT2D eigenvalue weighted by molar-refractivity contribution is 9.10. The van der Waals surface area contributed by atoms with Gasteiger partial charge in [0.1, 0.15) is 5.75 Å². The van der Waals surface area contributed by atoms with Gasteiger partial charge in [0, 0.05) is 17.6 Å². The number of rotatable bonds is 5. The normalized spacial score (nSPS) is 11.9. The Labute approximate surface area is 116 Å². The van der Waals surface area contributed by atoms with Crippen molar-refractivity contribution in [2.75, 3.05) is 18.9 Å². The molecule has 0 fully saturated rings. The Morgan fingerprint density at radius 2 is 2.00 bits per heavy atom. The fourth-order valence-corrected chi connectivity index (χ4v) is 2.75. The first-order chi connectivity index (χ1) is 8.27. The summed E-state index contributed by atoms with van der Waals surface area (Å²) in [5.41, 5.74) is 0.402. The van der Waals surface area contributed by atoms with Crippen LogP contribution in [0, 0.1) is 0 Å². The summed E-state index contributed by atoms with van der Waals surface area (Å²) in [6.07, 6.45) is 0. The number of nitrogens with zero attached hydrogens (tertiary/aromatic N) is 1. The lowest BCUT2D eigenvalue weighted by Crippen LogP contribution is -2.37. The first-order valence-electron chi connectivity index (χ1n) is 5.37. The van der Waals surface area contributed by atoms with Crippen LogP contribution in [0.15, 0.2) is 22.7 Å². The summed E-state index contributed by atoms with van der Waals surface area (Å²) in [5, 5.41) is 0. The monoisotopic (exact) mass is 336 g/mol. The number of anilines is 1. The van der Waals surface area contributed by atoms with Gasteiger partial charge in [-0.2, -0.15) is 12.7 Å². The van der Waals surface area contributed by atoms with E-state index in [0.717, 1.165) is 4.47 Å². The standard InChI is InChI=1S/C11H17BrN2O3S/c1-8(2)14(3)18(15,16)13-10-7-9(12)5-6-11(10)17-4/h5-8,13H,1-4H3. The maximum Gasteiger partial charge on any atom is 0.301 e. The predicted octanol–water partition coefficient (Wildman–Crippen LogP) is 2.45. The number of hydrogen-bond donors (Lipinski definition) is 1. The fourth-order valence-electron chi connectivity index (χ4n) is 1.25. The molecule has 0 saturated heterocycles. The summed E-state index contributed by atoms with van der Waals surface area (Å²) >= 11 is 3.30. The van der Waals surface area contributed by atoms with E-state index >= 15 is 0 Å². The minimum Gasteiger partial charge on any atom is -0.495 e. The molecule has 0 saturated carbocycles. The topological polar surface area (TPSA) is 58.6 Å². The van der Waals surface area contributed by atoms with Crippen LogP contribution >= 0.6 is 15.9 Å². The molecule has 0 spiro atoms. The van der Waals surface area contributed by atoms with Crippen molar-refractivity contribution in [1.82, 2.24) is 4.31 Å². The second-order valence-electron chi connectivity index (χ2n) is 4.06. The van der Waals surface area contributed by atoms with E-state index in [4.69, 9.17) is 4.74 Å². The SMILES string of the molecule is COc1ccc(Br)cc1NS(=O)(=O)N(C)C(C)C. The summed E-state index contributed by atoms with van der Waals surface area (Å²) in [7, 11) is -0.561. The molecule has 1 N–H and O–H groups in total. The molecule has 0 unspecified atom stereocenters. The van der Waals surface area contributed by atoms with Gasteiger partial charge >= 0.3 is 10.2 Å². The minimum absolute atomic E-state index is 0.124. The Balaban J connectivity index is 3.07. The van der Waals surface area contributed by atoms with Gasteiger partial charge in [-0.05, 0) is 32.0 Å². The Morgan fingerprint density at radius 3 is 2.50 bits per heavy atom. The Bertz CT molecular complexity index is 517. The first-order valence-corrected chi connectivity index (χ1v) is 7.60. The quantitative estimate of drug-likeness (QED) is 0.898. The molecule has 1 aromatic rings. The van der Waals surface area contributed by atoms with Gasteiger partial charge in [0.25, 0.3) is 0 Å². The minimum atomic E-state index is -3.58. The zero-order valence-corrected chi connectivity index (χ0v) is 13.2. The highest BCUT2D eigenvalue weighted by atomic mass is 79.9. The van der Waals surface area contributed by atoms with Crippen molar-refractivity contribution in [3.8, 4) is 5.75 Å². The van der Waals surface area contributed by atoms with Gasteiger partial charge in [-0.1, -0.05) is 15.9 Å². The molecule has 0 aliphatic carbocycles. The fraction of sp³-hybridized carbons (Fsp3) is 0.455. The van der Waals surface area contributed by atoms with Crippen molar-refractivity contribution < 1.29 is 13.2 Å². The summed E-state index contributed by atoms with van der Waals surface area (Å²) in [4.78, 5) is 0. The van der Waals surface area contributed by atoms with Crippen LogP contribution in [-0.4, -0.2) is 32.9 Å². The molecular formula is C11H17BrN2O3S. The van der Waals surface area contributed by atoms with E-state index in [2.05, 4.69) is 20.7 Å². The number of benzene rings is 1. The van der Waals surface area contributed by atoms with Crippen molar-refractivity contribution in [3.63, 3.8) is 0 Å². The largest absolute Gasteiger partial charge is 0.495 e. The smallest absolute Gasteiger partial charge is 0.301 e. The second-order valence-corrected chi connectivity index (χ2v) is 6.71. The zero-order chi connectivity index (χ0) is 13.9. The molecule has 18 heavy (non-hydrogen) atoms. The molecule has 1 rings (SSSR count). The van der Waals surface area contributed by atoms with Crippen LogP contribution in [0.5, 0.6) is 5.75 Å². The molecule has 102 valence electrons. The van der Waals surface area contributed by atoms with Gasteiger partial charge in [0.15, 0.2) is 0 Å². The zero-order valence-electron chi connectivity index (χ0n) is 10.8. The van der Waals surface area contributed by atoms with E-state index in [1.165, 1.54) is 18.5 Å². The number of halogens is 1. The summed E-state index contributed by atoms with van der Waals surface area (Å²) in [6, 6.07) is 5.01. The van der Waals surface area contributed by atoms with E-state index in [-0.39, 0.29) is 6.04 Å². The number of ether oxygens (including phenoxy) is 1. The predicted molar refractivity (Wildman–Crippen MR) is 76.1 cm³/mol. The molecule has 7 heteroatoms. The van der Waals surface area contributed by atoms with Gasteiger partial charge in [-0.25, -0.2) is 0 Å². The van der Waals surface area contributed by atoms with Crippen molar-refractivity contribution >= 4 is 31.8 Å². The Morgan fingerprint density at radius 1 is 1.39 bits per heavy atom. The second kappa shape index (κ2) is 5.90. The van der Waals surface area contributed by atoms with Gasteiger partial charge in [0.2, 0.25) is 0 Å². The summed E-state index contributed by atoms with van der Waals surface area (Å²) in [6.45, 7) is 3.61. The molecule has 0 atom stereocenters. The number of methoxy groups -OCH3 is 1. The van der Waals surface area contributed by atoms with Crippen molar-refractivity contribution in [2.45, 2.75) is 19.9 Å². The third-order valence-electron chi connectivity index (χ3n) is 2.51. The van der Waals surface area contributed by atoms with Gasteiger partial charge < -0.3 is 4.74 Å². The van der Waals surface area contributed by atoms with E-state index in [1.807, 2.05) is 0 Å². The van der Waals surface area contributed by atoms with Crippen LogP contribution in [0.1, 0.15) is 13.8 Å². The average Bonchev–Trinajstić information content (AvgIpc) is 2.27.